The molecule has 0 radical (unpaired) electrons. The number of halogens is 1. The van der Waals surface area contributed by atoms with Crippen LogP contribution in [0.25, 0.3) is 0 Å². The zero-order chi connectivity index (χ0) is 17.4. The molecule has 1 saturated carbocycles. The maximum atomic E-state index is 11.7. The Balaban J connectivity index is 0.00000312. The van der Waals surface area contributed by atoms with Crippen molar-refractivity contribution in [1.29, 1.82) is 0 Å². The molecular weight excluding hydrogens is 429 g/mol. The lowest BCUT2D eigenvalue weighted by molar-refractivity contribution is 0.250. The van der Waals surface area contributed by atoms with Gasteiger partial charge in [-0.25, -0.2) is 9.79 Å². The van der Waals surface area contributed by atoms with Crippen LogP contribution in [0.4, 0.5) is 10.5 Å². The minimum Gasteiger partial charge on any atom is -0.357 e. The Morgan fingerprint density at radius 1 is 1.20 bits per heavy atom. The number of aliphatic imine (C=N–C) groups is 1. The molecular formula is C18H30IN5O. The predicted octanol–water partition coefficient (Wildman–Crippen LogP) is 3.30. The van der Waals surface area contributed by atoms with Crippen molar-refractivity contribution in [3.8, 4) is 0 Å². The van der Waals surface area contributed by atoms with E-state index in [1.165, 1.54) is 12.8 Å². The molecule has 0 heterocycles. The first-order chi connectivity index (χ1) is 11.6. The Kier molecular flexibility index (Phi) is 9.62. The van der Waals surface area contributed by atoms with E-state index in [0.29, 0.717) is 6.54 Å². The third-order valence-electron chi connectivity index (χ3n) is 3.65. The van der Waals surface area contributed by atoms with E-state index in [4.69, 9.17) is 0 Å². The van der Waals surface area contributed by atoms with Crippen molar-refractivity contribution >= 4 is 41.7 Å². The van der Waals surface area contributed by atoms with Crippen molar-refractivity contribution in [1.82, 2.24) is 16.0 Å². The van der Waals surface area contributed by atoms with E-state index in [9.17, 15) is 4.79 Å². The third kappa shape index (κ3) is 8.94. The van der Waals surface area contributed by atoms with Crippen LogP contribution >= 0.6 is 24.0 Å². The number of hydrogen-bond donors (Lipinski definition) is 4. The van der Waals surface area contributed by atoms with Gasteiger partial charge in [0.1, 0.15) is 0 Å². The van der Waals surface area contributed by atoms with Gasteiger partial charge in [-0.15, -0.1) is 24.0 Å². The van der Waals surface area contributed by atoms with Gasteiger partial charge in [0, 0.05) is 24.8 Å². The van der Waals surface area contributed by atoms with Gasteiger partial charge in [-0.05, 0) is 57.2 Å². The Labute approximate surface area is 167 Å². The van der Waals surface area contributed by atoms with E-state index in [-0.39, 0.29) is 36.0 Å². The summed E-state index contributed by atoms with van der Waals surface area (Å²) in [6.07, 6.45) is 2.65. The molecule has 140 valence electrons. The topological polar surface area (TPSA) is 77.5 Å². The molecule has 25 heavy (non-hydrogen) atoms. The van der Waals surface area contributed by atoms with Crippen LogP contribution in [0.2, 0.25) is 0 Å². The average Bonchev–Trinajstić information content (AvgIpc) is 3.35. The fourth-order valence-electron chi connectivity index (χ4n) is 2.20. The average molecular weight is 459 g/mol. The summed E-state index contributed by atoms with van der Waals surface area (Å²) in [7, 11) is 0. The normalized spacial score (nSPS) is 13.8. The maximum Gasteiger partial charge on any atom is 0.319 e. The van der Waals surface area contributed by atoms with Crippen LogP contribution in [0.5, 0.6) is 0 Å². The van der Waals surface area contributed by atoms with E-state index in [1.54, 1.807) is 0 Å². The lowest BCUT2D eigenvalue weighted by atomic mass is 10.2. The molecule has 0 aromatic heterocycles. The van der Waals surface area contributed by atoms with Crippen LogP contribution in [0, 0.1) is 5.92 Å². The van der Waals surface area contributed by atoms with Crippen LogP contribution < -0.4 is 21.3 Å². The highest BCUT2D eigenvalue weighted by Gasteiger charge is 2.20. The molecule has 2 amide bonds. The van der Waals surface area contributed by atoms with Gasteiger partial charge in [-0.2, -0.15) is 0 Å². The maximum absolute atomic E-state index is 11.7. The van der Waals surface area contributed by atoms with Crippen molar-refractivity contribution in [3.63, 3.8) is 0 Å². The van der Waals surface area contributed by atoms with Crippen LogP contribution in [0.15, 0.2) is 29.3 Å². The standard InChI is InChI=1S/C18H29N5O.HI/c1-4-19-17(20-11-14-5-6-14)21-12-15-7-9-16(10-8-15)23-18(24)22-13(2)3;/h7-10,13-14H,4-6,11-12H2,1-3H3,(H2,19,20,21)(H2,22,23,24);1H. The van der Waals surface area contributed by atoms with Gasteiger partial charge in [0.25, 0.3) is 0 Å². The summed E-state index contributed by atoms with van der Waals surface area (Å²) < 4.78 is 0. The van der Waals surface area contributed by atoms with Gasteiger partial charge in [-0.3, -0.25) is 0 Å². The number of carbonyl (C=O) groups is 1. The molecule has 0 saturated heterocycles. The Morgan fingerprint density at radius 2 is 1.88 bits per heavy atom. The summed E-state index contributed by atoms with van der Waals surface area (Å²) in [5, 5.41) is 12.3. The van der Waals surface area contributed by atoms with Gasteiger partial charge >= 0.3 is 6.03 Å². The van der Waals surface area contributed by atoms with Crippen LogP contribution in [-0.4, -0.2) is 31.1 Å². The second-order valence-corrected chi connectivity index (χ2v) is 6.47. The molecule has 0 atom stereocenters. The molecule has 0 bridgehead atoms. The van der Waals surface area contributed by atoms with Crippen LogP contribution in [-0.2, 0) is 6.54 Å². The van der Waals surface area contributed by atoms with E-state index < -0.39 is 0 Å². The van der Waals surface area contributed by atoms with Crippen LogP contribution in [0.3, 0.4) is 0 Å². The monoisotopic (exact) mass is 459 g/mol. The summed E-state index contributed by atoms with van der Waals surface area (Å²) in [5.41, 5.74) is 1.88. The molecule has 0 spiro atoms. The Bertz CT molecular complexity index is 555. The summed E-state index contributed by atoms with van der Waals surface area (Å²) in [5.74, 6) is 1.68. The number of benzene rings is 1. The predicted molar refractivity (Wildman–Crippen MR) is 115 cm³/mol. The van der Waals surface area contributed by atoms with E-state index >= 15 is 0 Å². The molecule has 1 aromatic carbocycles. The second-order valence-electron chi connectivity index (χ2n) is 6.47. The van der Waals surface area contributed by atoms with Gasteiger partial charge < -0.3 is 21.3 Å². The molecule has 6 nitrogen and oxygen atoms in total. The fraction of sp³-hybridized carbons (Fsp3) is 0.556. The number of carbonyl (C=O) groups excluding carboxylic acids is 1. The first-order valence-corrected chi connectivity index (χ1v) is 8.75. The van der Waals surface area contributed by atoms with E-state index in [2.05, 4.69) is 33.2 Å². The zero-order valence-corrected chi connectivity index (χ0v) is 17.6. The van der Waals surface area contributed by atoms with Crippen molar-refractivity contribution in [3.05, 3.63) is 29.8 Å². The molecule has 1 aliphatic rings. The summed E-state index contributed by atoms with van der Waals surface area (Å²) in [4.78, 5) is 16.3. The van der Waals surface area contributed by atoms with Crippen molar-refractivity contribution in [2.24, 2.45) is 10.9 Å². The fourth-order valence-corrected chi connectivity index (χ4v) is 2.20. The largest absolute Gasteiger partial charge is 0.357 e. The highest BCUT2D eigenvalue weighted by molar-refractivity contribution is 14.0. The summed E-state index contributed by atoms with van der Waals surface area (Å²) in [6, 6.07) is 7.70. The minimum atomic E-state index is -0.186. The number of nitrogens with zero attached hydrogens (tertiary/aromatic N) is 1. The SMILES string of the molecule is CCNC(=NCc1ccc(NC(=O)NC(C)C)cc1)NCC1CC1.I. The van der Waals surface area contributed by atoms with Crippen LogP contribution in [0.1, 0.15) is 39.2 Å². The molecule has 0 unspecified atom stereocenters. The molecule has 1 fully saturated rings. The molecule has 2 rings (SSSR count). The van der Waals surface area contributed by atoms with Gasteiger partial charge in [0.15, 0.2) is 5.96 Å². The highest BCUT2D eigenvalue weighted by Crippen LogP contribution is 2.27. The van der Waals surface area contributed by atoms with Gasteiger partial charge in [0.05, 0.1) is 6.54 Å². The number of amides is 2. The van der Waals surface area contributed by atoms with Crippen molar-refractivity contribution < 1.29 is 4.79 Å². The minimum absolute atomic E-state index is 0. The van der Waals surface area contributed by atoms with Crippen molar-refractivity contribution in [2.45, 2.75) is 46.2 Å². The molecule has 0 aliphatic heterocycles. The quantitative estimate of drug-likeness (QED) is 0.287. The van der Waals surface area contributed by atoms with Crippen molar-refractivity contribution in [2.75, 3.05) is 18.4 Å². The smallest absolute Gasteiger partial charge is 0.319 e. The van der Waals surface area contributed by atoms with E-state index in [1.807, 2.05) is 38.1 Å². The molecule has 1 aromatic rings. The highest BCUT2D eigenvalue weighted by atomic mass is 127. The summed E-state index contributed by atoms with van der Waals surface area (Å²) in [6.45, 7) is 8.39. The molecule has 4 N–H and O–H groups in total. The number of guanidine groups is 1. The first kappa shape index (κ1) is 21.5. The first-order valence-electron chi connectivity index (χ1n) is 8.75. The third-order valence-corrected chi connectivity index (χ3v) is 3.65. The van der Waals surface area contributed by atoms with Gasteiger partial charge in [-0.1, -0.05) is 12.1 Å². The second kappa shape index (κ2) is 11.2. The number of rotatable bonds is 7. The zero-order valence-electron chi connectivity index (χ0n) is 15.3. The Morgan fingerprint density at radius 3 is 2.44 bits per heavy atom. The number of anilines is 1. The number of nitrogens with one attached hydrogen (secondary N) is 4. The summed E-state index contributed by atoms with van der Waals surface area (Å²) >= 11 is 0. The molecule has 7 heteroatoms. The number of hydrogen-bond acceptors (Lipinski definition) is 2. The number of urea groups is 1. The lowest BCUT2D eigenvalue weighted by Gasteiger charge is -2.11. The lowest BCUT2D eigenvalue weighted by Crippen LogP contribution is -2.38. The Hall–Kier alpha value is -1.51. The molecule has 1 aliphatic carbocycles. The van der Waals surface area contributed by atoms with Gasteiger partial charge in [0.2, 0.25) is 0 Å². The van der Waals surface area contributed by atoms with E-state index in [0.717, 1.165) is 36.2 Å².